The van der Waals surface area contributed by atoms with Crippen molar-refractivity contribution in [2.45, 2.75) is 6.92 Å². The van der Waals surface area contributed by atoms with E-state index in [9.17, 15) is 4.79 Å². The van der Waals surface area contributed by atoms with Crippen molar-refractivity contribution in [1.82, 2.24) is 4.57 Å². The molecule has 0 unspecified atom stereocenters. The van der Waals surface area contributed by atoms with Crippen molar-refractivity contribution in [3.05, 3.63) is 68.9 Å². The highest BCUT2D eigenvalue weighted by Gasteiger charge is 2.09. The van der Waals surface area contributed by atoms with Gasteiger partial charge in [-0.25, -0.2) is 0 Å². The Bertz CT molecular complexity index is 868. The number of hydrogen-bond donors (Lipinski definition) is 1. The van der Waals surface area contributed by atoms with Crippen molar-refractivity contribution in [2.24, 2.45) is 0 Å². The molecule has 0 fully saturated rings. The third-order valence-electron chi connectivity index (χ3n) is 3.37. The summed E-state index contributed by atoms with van der Waals surface area (Å²) in [5, 5.41) is 1.52. The van der Waals surface area contributed by atoms with Gasteiger partial charge in [-0.1, -0.05) is 40.2 Å². The number of hydrogen-bond acceptors (Lipinski definition) is 2. The first-order chi connectivity index (χ1) is 9.58. The average molecular weight is 329 g/mol. The first kappa shape index (κ1) is 12.9. The molecular formula is C16H13BrN2O. The SMILES string of the molecule is Cc1ccc(-n2c(N)cc3ccccc3c2=O)cc1Br. The predicted molar refractivity (Wildman–Crippen MR) is 86.4 cm³/mol. The number of aromatic nitrogens is 1. The Morgan fingerprint density at radius 1 is 1.10 bits per heavy atom. The van der Waals surface area contributed by atoms with E-state index in [1.807, 2.05) is 55.5 Å². The maximum Gasteiger partial charge on any atom is 0.264 e. The highest BCUT2D eigenvalue weighted by Crippen LogP contribution is 2.22. The second kappa shape index (κ2) is 4.80. The molecule has 0 aliphatic heterocycles. The number of benzene rings is 2. The Hall–Kier alpha value is -2.07. The summed E-state index contributed by atoms with van der Waals surface area (Å²) in [5.74, 6) is 0.435. The molecule has 1 aromatic heterocycles. The Morgan fingerprint density at radius 3 is 2.60 bits per heavy atom. The second-order valence-electron chi connectivity index (χ2n) is 4.73. The number of aryl methyl sites for hydroxylation is 1. The summed E-state index contributed by atoms with van der Waals surface area (Å²) in [4.78, 5) is 12.6. The largest absolute Gasteiger partial charge is 0.385 e. The lowest BCUT2D eigenvalue weighted by Gasteiger charge is -2.12. The van der Waals surface area contributed by atoms with Crippen LogP contribution < -0.4 is 11.3 Å². The molecule has 0 atom stereocenters. The Morgan fingerprint density at radius 2 is 1.85 bits per heavy atom. The summed E-state index contributed by atoms with van der Waals surface area (Å²) in [7, 11) is 0. The van der Waals surface area contributed by atoms with Crippen LogP contribution in [0.2, 0.25) is 0 Å². The summed E-state index contributed by atoms with van der Waals surface area (Å²) < 4.78 is 2.49. The highest BCUT2D eigenvalue weighted by molar-refractivity contribution is 9.10. The zero-order valence-electron chi connectivity index (χ0n) is 10.9. The van der Waals surface area contributed by atoms with Gasteiger partial charge >= 0.3 is 0 Å². The summed E-state index contributed by atoms with van der Waals surface area (Å²) in [6.45, 7) is 2.00. The summed E-state index contributed by atoms with van der Waals surface area (Å²) in [5.41, 5.74) is 7.83. The van der Waals surface area contributed by atoms with E-state index in [1.165, 1.54) is 4.57 Å². The van der Waals surface area contributed by atoms with Crippen LogP contribution in [0.4, 0.5) is 5.82 Å². The molecule has 0 saturated heterocycles. The van der Waals surface area contributed by atoms with Crippen LogP contribution in [-0.4, -0.2) is 4.57 Å². The molecule has 3 aromatic rings. The van der Waals surface area contributed by atoms with E-state index >= 15 is 0 Å². The molecular weight excluding hydrogens is 316 g/mol. The van der Waals surface area contributed by atoms with E-state index in [4.69, 9.17) is 5.73 Å². The maximum absolute atomic E-state index is 12.6. The molecule has 20 heavy (non-hydrogen) atoms. The van der Waals surface area contributed by atoms with Crippen molar-refractivity contribution in [1.29, 1.82) is 0 Å². The zero-order valence-corrected chi connectivity index (χ0v) is 12.5. The Kier molecular flexibility index (Phi) is 3.10. The van der Waals surface area contributed by atoms with Crippen molar-refractivity contribution in [2.75, 3.05) is 5.73 Å². The smallest absolute Gasteiger partial charge is 0.264 e. The lowest BCUT2D eigenvalue weighted by Crippen LogP contribution is -2.21. The van der Waals surface area contributed by atoms with Crippen LogP contribution in [-0.2, 0) is 0 Å². The Balaban J connectivity index is 2.36. The topological polar surface area (TPSA) is 48.0 Å². The second-order valence-corrected chi connectivity index (χ2v) is 5.58. The van der Waals surface area contributed by atoms with Crippen molar-refractivity contribution in [3.63, 3.8) is 0 Å². The van der Waals surface area contributed by atoms with Gasteiger partial charge in [-0.15, -0.1) is 0 Å². The number of nitrogens with two attached hydrogens (primary N) is 1. The van der Waals surface area contributed by atoms with Gasteiger partial charge in [-0.3, -0.25) is 9.36 Å². The van der Waals surface area contributed by atoms with Crippen LogP contribution in [0.5, 0.6) is 0 Å². The van der Waals surface area contributed by atoms with Crippen molar-refractivity contribution >= 4 is 32.5 Å². The van der Waals surface area contributed by atoms with Crippen molar-refractivity contribution < 1.29 is 0 Å². The van der Waals surface area contributed by atoms with E-state index < -0.39 is 0 Å². The van der Waals surface area contributed by atoms with Gasteiger partial charge in [0.15, 0.2) is 0 Å². The molecule has 2 N–H and O–H groups in total. The van der Waals surface area contributed by atoms with Crippen LogP contribution in [0.15, 0.2) is 57.8 Å². The molecule has 0 radical (unpaired) electrons. The van der Waals surface area contributed by atoms with Gasteiger partial charge in [0.25, 0.3) is 5.56 Å². The molecule has 3 nitrogen and oxygen atoms in total. The lowest BCUT2D eigenvalue weighted by atomic mass is 10.1. The number of pyridine rings is 1. The first-order valence-corrected chi connectivity index (χ1v) is 7.04. The molecule has 0 bridgehead atoms. The van der Waals surface area contributed by atoms with E-state index in [2.05, 4.69) is 15.9 Å². The van der Waals surface area contributed by atoms with E-state index in [1.54, 1.807) is 0 Å². The molecule has 0 aliphatic carbocycles. The van der Waals surface area contributed by atoms with Gasteiger partial charge in [0.05, 0.1) is 5.69 Å². The van der Waals surface area contributed by atoms with Crippen molar-refractivity contribution in [3.8, 4) is 5.69 Å². The van der Waals surface area contributed by atoms with E-state index in [0.717, 1.165) is 21.1 Å². The average Bonchev–Trinajstić information content (AvgIpc) is 2.43. The van der Waals surface area contributed by atoms with Gasteiger partial charge in [0, 0.05) is 9.86 Å². The zero-order chi connectivity index (χ0) is 14.3. The summed E-state index contributed by atoms with van der Waals surface area (Å²) in [6, 6.07) is 15.0. The number of nitrogens with zero attached hydrogens (tertiary/aromatic N) is 1. The van der Waals surface area contributed by atoms with Crippen LogP contribution >= 0.6 is 15.9 Å². The van der Waals surface area contributed by atoms with Gasteiger partial charge < -0.3 is 5.73 Å². The van der Waals surface area contributed by atoms with Gasteiger partial charge in [0.1, 0.15) is 5.82 Å². The third-order valence-corrected chi connectivity index (χ3v) is 4.22. The van der Waals surface area contributed by atoms with E-state index in [-0.39, 0.29) is 5.56 Å². The predicted octanol–water partition coefficient (Wildman–Crippen LogP) is 3.64. The van der Waals surface area contributed by atoms with Gasteiger partial charge in [-0.2, -0.15) is 0 Å². The normalized spacial score (nSPS) is 10.9. The van der Waals surface area contributed by atoms with Crippen LogP contribution in [0.3, 0.4) is 0 Å². The molecule has 4 heteroatoms. The fourth-order valence-electron chi connectivity index (χ4n) is 2.27. The summed E-state index contributed by atoms with van der Waals surface area (Å²) in [6.07, 6.45) is 0. The molecule has 1 heterocycles. The lowest BCUT2D eigenvalue weighted by molar-refractivity contribution is 1.02. The summed E-state index contributed by atoms with van der Waals surface area (Å²) >= 11 is 3.49. The number of nitrogen functional groups attached to an aromatic ring is 1. The standard InChI is InChI=1S/C16H13BrN2O/c1-10-6-7-12(9-14(10)17)19-15(18)8-11-4-2-3-5-13(11)16(19)20/h2-9H,18H2,1H3. The van der Waals surface area contributed by atoms with Crippen LogP contribution in [0, 0.1) is 6.92 Å². The minimum atomic E-state index is -0.101. The Labute approximate surface area is 124 Å². The third kappa shape index (κ3) is 2.02. The number of halogens is 1. The number of anilines is 1. The minimum absolute atomic E-state index is 0.101. The molecule has 0 amide bonds. The molecule has 0 aliphatic rings. The van der Waals surface area contributed by atoms with E-state index in [0.29, 0.717) is 11.2 Å². The minimum Gasteiger partial charge on any atom is -0.385 e. The quantitative estimate of drug-likeness (QED) is 0.741. The van der Waals surface area contributed by atoms with Gasteiger partial charge in [-0.05, 0) is 42.1 Å². The number of fused-ring (bicyclic) bond motifs is 1. The molecule has 2 aromatic carbocycles. The molecule has 100 valence electrons. The molecule has 0 saturated carbocycles. The fourth-order valence-corrected chi connectivity index (χ4v) is 2.63. The number of rotatable bonds is 1. The van der Waals surface area contributed by atoms with Crippen LogP contribution in [0.25, 0.3) is 16.5 Å². The van der Waals surface area contributed by atoms with Gasteiger partial charge in [0.2, 0.25) is 0 Å². The molecule has 3 rings (SSSR count). The molecule has 0 spiro atoms. The monoisotopic (exact) mass is 328 g/mol. The first-order valence-electron chi connectivity index (χ1n) is 6.25. The van der Waals surface area contributed by atoms with Crippen LogP contribution in [0.1, 0.15) is 5.56 Å². The maximum atomic E-state index is 12.6. The highest BCUT2D eigenvalue weighted by atomic mass is 79.9. The fraction of sp³-hybridized carbons (Fsp3) is 0.0625.